The number of rotatable bonds is 8. The summed E-state index contributed by atoms with van der Waals surface area (Å²) in [5.74, 6) is 0.671. The minimum absolute atomic E-state index is 0. The van der Waals surface area contributed by atoms with E-state index in [0.717, 1.165) is 18.8 Å². The summed E-state index contributed by atoms with van der Waals surface area (Å²) in [7, 11) is -3.73. The molecule has 1 N–H and O–H groups in total. The Balaban J connectivity index is -0.000000845. The third-order valence-corrected chi connectivity index (χ3v) is 2.99. The van der Waals surface area contributed by atoms with Crippen LogP contribution in [0.5, 0.6) is 0 Å². The molecule has 0 saturated carbocycles. The van der Waals surface area contributed by atoms with Gasteiger partial charge in [-0.3, -0.25) is 4.55 Å². The fraction of sp³-hybridized carbons (Fsp3) is 1.00. The Kier molecular flexibility index (Phi) is 13.5. The first kappa shape index (κ1) is 18.9. The Labute approximate surface area is 138 Å². The van der Waals surface area contributed by atoms with Gasteiger partial charge in [-0.1, -0.05) is 46.0 Å². The van der Waals surface area contributed by atoms with Crippen LogP contribution in [0.25, 0.3) is 0 Å². The zero-order valence-corrected chi connectivity index (χ0v) is 14.1. The van der Waals surface area contributed by atoms with Crippen molar-refractivity contribution in [3.63, 3.8) is 0 Å². The predicted octanol–water partition coefficient (Wildman–Crippen LogP) is -0.0127. The van der Waals surface area contributed by atoms with Crippen LogP contribution in [0.4, 0.5) is 0 Å². The van der Waals surface area contributed by atoms with Gasteiger partial charge < -0.3 is 1.43 Å². The van der Waals surface area contributed by atoms with Crippen LogP contribution < -0.4 is 51.4 Å². The van der Waals surface area contributed by atoms with Crippen LogP contribution in [0.15, 0.2) is 0 Å². The molecule has 0 fully saturated rings. The minimum Gasteiger partial charge on any atom is -1.00 e. The van der Waals surface area contributed by atoms with Crippen LogP contribution in [0.2, 0.25) is 0 Å². The largest absolute Gasteiger partial charge is 1.00 e. The van der Waals surface area contributed by atoms with Crippen molar-refractivity contribution in [2.75, 3.05) is 5.75 Å². The number of unbranched alkanes of at least 4 members (excludes halogenated alkanes) is 4. The molecule has 0 rings (SSSR count). The van der Waals surface area contributed by atoms with E-state index in [1.165, 1.54) is 19.3 Å². The average Bonchev–Trinajstić information content (AvgIpc) is 2.00. The molecule has 0 heterocycles. The van der Waals surface area contributed by atoms with E-state index in [0.29, 0.717) is 6.42 Å². The average molecular weight is 262 g/mol. The second-order valence-corrected chi connectivity index (χ2v) is 5.81. The maximum atomic E-state index is 10.4. The van der Waals surface area contributed by atoms with E-state index in [-0.39, 0.29) is 58.6 Å². The maximum absolute atomic E-state index is 10.4. The maximum Gasteiger partial charge on any atom is 1.00 e. The topological polar surface area (TPSA) is 54.4 Å². The Hall–Kier alpha value is 1.55. The van der Waals surface area contributed by atoms with E-state index < -0.39 is 10.1 Å². The van der Waals surface area contributed by atoms with Crippen molar-refractivity contribution in [1.82, 2.24) is 0 Å². The zero-order chi connectivity index (χ0) is 11.0. The van der Waals surface area contributed by atoms with Gasteiger partial charge in [0.15, 0.2) is 0 Å². The molecule has 0 bridgehead atoms. The summed E-state index contributed by atoms with van der Waals surface area (Å²) in [6.45, 7) is 4.41. The van der Waals surface area contributed by atoms with Gasteiger partial charge in [0.1, 0.15) is 0 Å². The molecule has 0 saturated heterocycles. The van der Waals surface area contributed by atoms with Crippen LogP contribution in [0.1, 0.15) is 53.8 Å². The SMILES string of the molecule is CC(C)CCCCCCCS(=O)(=O)O.[H-].[K+]. The summed E-state index contributed by atoms with van der Waals surface area (Å²) in [6, 6.07) is 0. The second-order valence-electron chi connectivity index (χ2n) is 4.24. The third kappa shape index (κ3) is 18.1. The zero-order valence-electron chi connectivity index (χ0n) is 11.2. The van der Waals surface area contributed by atoms with Gasteiger partial charge in [-0.05, 0) is 12.3 Å². The summed E-state index contributed by atoms with van der Waals surface area (Å²) in [5, 5.41) is 0. The molecule has 0 spiro atoms. The van der Waals surface area contributed by atoms with Gasteiger partial charge in [0.2, 0.25) is 0 Å². The van der Waals surface area contributed by atoms with Crippen LogP contribution in [0, 0.1) is 5.92 Å². The predicted molar refractivity (Wildman–Crippen MR) is 60.1 cm³/mol. The molecule has 0 aliphatic heterocycles. The fourth-order valence-electron chi connectivity index (χ4n) is 1.37. The van der Waals surface area contributed by atoms with E-state index in [2.05, 4.69) is 13.8 Å². The van der Waals surface area contributed by atoms with Gasteiger partial charge in [-0.15, -0.1) is 0 Å². The van der Waals surface area contributed by atoms with Crippen molar-refractivity contribution in [2.45, 2.75) is 52.4 Å². The molecule has 0 atom stereocenters. The van der Waals surface area contributed by atoms with Gasteiger partial charge in [0.25, 0.3) is 10.1 Å². The van der Waals surface area contributed by atoms with Gasteiger partial charge in [-0.2, -0.15) is 8.42 Å². The van der Waals surface area contributed by atoms with E-state index in [1.54, 1.807) is 0 Å². The molecule has 0 unspecified atom stereocenters. The first-order valence-electron chi connectivity index (χ1n) is 5.37. The van der Waals surface area contributed by atoms with Gasteiger partial charge in [0.05, 0.1) is 5.75 Å². The molecule has 3 nitrogen and oxygen atoms in total. The Morgan fingerprint density at radius 2 is 1.53 bits per heavy atom. The Morgan fingerprint density at radius 1 is 1.07 bits per heavy atom. The first-order chi connectivity index (χ1) is 6.42. The van der Waals surface area contributed by atoms with Crippen molar-refractivity contribution in [2.24, 2.45) is 5.92 Å². The molecule has 5 heteroatoms. The molecule has 0 radical (unpaired) electrons. The first-order valence-corrected chi connectivity index (χ1v) is 6.98. The molecule has 0 aromatic rings. The van der Waals surface area contributed by atoms with Crippen molar-refractivity contribution in [3.8, 4) is 0 Å². The van der Waals surface area contributed by atoms with E-state index >= 15 is 0 Å². The van der Waals surface area contributed by atoms with Crippen molar-refractivity contribution in [3.05, 3.63) is 0 Å². The van der Waals surface area contributed by atoms with E-state index in [9.17, 15) is 8.42 Å². The molecular formula is C10H23KO3S. The fourth-order valence-corrected chi connectivity index (χ4v) is 1.94. The molecule has 0 amide bonds. The van der Waals surface area contributed by atoms with Crippen LogP contribution in [0.3, 0.4) is 0 Å². The second kappa shape index (κ2) is 10.7. The Bertz CT molecular complexity index is 230. The molecule has 0 aromatic carbocycles. The van der Waals surface area contributed by atoms with Gasteiger partial charge in [-0.25, -0.2) is 0 Å². The molecule has 88 valence electrons. The normalized spacial score (nSPS) is 11.5. The van der Waals surface area contributed by atoms with E-state index in [1.807, 2.05) is 0 Å². The van der Waals surface area contributed by atoms with Crippen LogP contribution in [-0.2, 0) is 10.1 Å². The van der Waals surface area contributed by atoms with Crippen molar-refractivity contribution in [1.29, 1.82) is 0 Å². The molecular weight excluding hydrogens is 239 g/mol. The quantitative estimate of drug-likeness (QED) is 0.380. The summed E-state index contributed by atoms with van der Waals surface area (Å²) >= 11 is 0. The minimum atomic E-state index is -3.73. The molecule has 0 aliphatic carbocycles. The van der Waals surface area contributed by atoms with Gasteiger partial charge in [0, 0.05) is 0 Å². The summed E-state index contributed by atoms with van der Waals surface area (Å²) < 4.78 is 29.2. The molecule has 0 aliphatic rings. The smallest absolute Gasteiger partial charge is 1.00 e. The summed E-state index contributed by atoms with van der Waals surface area (Å²) in [5.41, 5.74) is 0. The molecule has 15 heavy (non-hydrogen) atoms. The molecule has 0 aromatic heterocycles. The van der Waals surface area contributed by atoms with Gasteiger partial charge >= 0.3 is 51.4 Å². The monoisotopic (exact) mass is 262 g/mol. The van der Waals surface area contributed by atoms with Crippen LogP contribution in [-0.4, -0.2) is 18.7 Å². The Morgan fingerprint density at radius 3 is 2.00 bits per heavy atom. The van der Waals surface area contributed by atoms with Crippen molar-refractivity contribution < 1.29 is 65.8 Å². The van der Waals surface area contributed by atoms with E-state index in [4.69, 9.17) is 4.55 Å². The number of hydrogen-bond acceptors (Lipinski definition) is 2. The summed E-state index contributed by atoms with van der Waals surface area (Å²) in [4.78, 5) is 0. The summed E-state index contributed by atoms with van der Waals surface area (Å²) in [6.07, 6.45) is 6.20. The standard InChI is InChI=1S/C10H22O3S.K.H/c1-10(2)8-6-4-3-5-7-9-14(11,12)13;;/h10H,3-9H2,1-2H3,(H,11,12,13);;/q;+1;-1. The number of hydrogen-bond donors (Lipinski definition) is 1. The van der Waals surface area contributed by atoms with Crippen LogP contribution >= 0.6 is 0 Å². The third-order valence-electron chi connectivity index (χ3n) is 2.18. The van der Waals surface area contributed by atoms with Crippen molar-refractivity contribution >= 4 is 10.1 Å².